The Bertz CT molecular complexity index is 687. The van der Waals surface area contributed by atoms with Crippen molar-refractivity contribution in [1.82, 2.24) is 14.9 Å². The smallest absolute Gasteiger partial charge is 0.225 e. The molecule has 2 heterocycles. The van der Waals surface area contributed by atoms with Crippen LogP contribution in [-0.4, -0.2) is 46.2 Å². The van der Waals surface area contributed by atoms with Gasteiger partial charge >= 0.3 is 0 Å². The lowest BCUT2D eigenvalue weighted by Gasteiger charge is -2.24. The number of thiocarbonyl (C=S) groups is 1. The number of rotatable bonds is 3. The van der Waals surface area contributed by atoms with Gasteiger partial charge in [-0.2, -0.15) is 0 Å². The number of benzene rings is 1. The fourth-order valence-corrected chi connectivity index (χ4v) is 3.23. The van der Waals surface area contributed by atoms with E-state index in [1.807, 2.05) is 6.07 Å². The van der Waals surface area contributed by atoms with Gasteiger partial charge in [0.05, 0.1) is 0 Å². The third kappa shape index (κ3) is 4.66. The highest BCUT2D eigenvalue weighted by atomic mass is 32.1. The molecule has 0 radical (unpaired) electrons. The predicted molar refractivity (Wildman–Crippen MR) is 107 cm³/mol. The molecule has 0 unspecified atom stereocenters. The van der Waals surface area contributed by atoms with E-state index in [0.717, 1.165) is 49.3 Å². The molecule has 0 spiro atoms. The van der Waals surface area contributed by atoms with Gasteiger partial charge < -0.3 is 15.1 Å². The normalized spacial score (nSPS) is 15.2. The van der Waals surface area contributed by atoms with Crippen molar-refractivity contribution >= 4 is 29.0 Å². The van der Waals surface area contributed by atoms with E-state index in [1.165, 1.54) is 5.56 Å². The van der Waals surface area contributed by atoms with Gasteiger partial charge in [-0.05, 0) is 48.3 Å². The number of hydrogen-bond acceptors (Lipinski definition) is 4. The first-order valence-corrected chi connectivity index (χ1v) is 9.22. The monoisotopic (exact) mass is 355 g/mol. The van der Waals surface area contributed by atoms with E-state index in [0.29, 0.717) is 5.92 Å². The van der Waals surface area contributed by atoms with Crippen LogP contribution in [-0.2, 0) is 0 Å². The topological polar surface area (TPSA) is 44.3 Å². The van der Waals surface area contributed by atoms with Crippen LogP contribution in [0.5, 0.6) is 0 Å². The molecule has 0 aliphatic carbocycles. The van der Waals surface area contributed by atoms with Gasteiger partial charge in [0.1, 0.15) is 0 Å². The zero-order valence-electron chi connectivity index (χ0n) is 14.9. The minimum Gasteiger partial charge on any atom is -0.347 e. The average molecular weight is 356 g/mol. The van der Waals surface area contributed by atoms with Gasteiger partial charge in [0, 0.05) is 44.3 Å². The second-order valence-electron chi connectivity index (χ2n) is 6.58. The van der Waals surface area contributed by atoms with Crippen LogP contribution in [0, 0.1) is 0 Å². The number of anilines is 2. The first kappa shape index (κ1) is 17.6. The van der Waals surface area contributed by atoms with Crippen molar-refractivity contribution in [2.24, 2.45) is 0 Å². The van der Waals surface area contributed by atoms with Crippen molar-refractivity contribution in [1.29, 1.82) is 0 Å². The summed E-state index contributed by atoms with van der Waals surface area (Å²) in [7, 11) is 0. The number of hydrogen-bond donors (Lipinski definition) is 1. The molecule has 1 aliphatic rings. The summed E-state index contributed by atoms with van der Waals surface area (Å²) in [6.45, 7) is 8.04. The molecule has 1 aromatic heterocycles. The van der Waals surface area contributed by atoms with E-state index in [4.69, 9.17) is 12.2 Å². The van der Waals surface area contributed by atoms with Crippen LogP contribution >= 0.6 is 12.2 Å². The minimum absolute atomic E-state index is 0.540. The van der Waals surface area contributed by atoms with Crippen molar-refractivity contribution in [3.8, 4) is 0 Å². The van der Waals surface area contributed by atoms with Crippen LogP contribution in [0.25, 0.3) is 0 Å². The molecule has 0 atom stereocenters. The Balaban J connectivity index is 1.57. The molecule has 1 fully saturated rings. The lowest BCUT2D eigenvalue weighted by Crippen LogP contribution is -2.38. The SMILES string of the molecule is CC(C)c1ccc(NC(=S)N2CCCN(c3ncccn3)CC2)cc1. The van der Waals surface area contributed by atoms with Crippen LogP contribution in [0.1, 0.15) is 31.7 Å². The van der Waals surface area contributed by atoms with Crippen molar-refractivity contribution in [2.45, 2.75) is 26.2 Å². The second-order valence-corrected chi connectivity index (χ2v) is 6.97. The summed E-state index contributed by atoms with van der Waals surface area (Å²) in [5.74, 6) is 1.34. The summed E-state index contributed by atoms with van der Waals surface area (Å²) in [6.07, 6.45) is 4.61. The van der Waals surface area contributed by atoms with Gasteiger partial charge in [0.15, 0.2) is 5.11 Å². The third-order valence-corrected chi connectivity index (χ3v) is 4.81. The molecule has 1 saturated heterocycles. The molecule has 6 heteroatoms. The second kappa shape index (κ2) is 8.25. The van der Waals surface area contributed by atoms with Crippen molar-refractivity contribution in [2.75, 3.05) is 36.4 Å². The zero-order chi connectivity index (χ0) is 17.6. The fourth-order valence-electron chi connectivity index (χ4n) is 2.93. The maximum absolute atomic E-state index is 5.62. The molecule has 0 bridgehead atoms. The molecular weight excluding hydrogens is 330 g/mol. The molecule has 5 nitrogen and oxygen atoms in total. The van der Waals surface area contributed by atoms with Crippen molar-refractivity contribution < 1.29 is 0 Å². The molecule has 132 valence electrons. The molecule has 25 heavy (non-hydrogen) atoms. The van der Waals surface area contributed by atoms with Gasteiger partial charge in [0.2, 0.25) is 5.95 Å². The molecule has 0 amide bonds. The minimum atomic E-state index is 0.540. The Morgan fingerprint density at radius 2 is 1.76 bits per heavy atom. The van der Waals surface area contributed by atoms with Gasteiger partial charge in [-0.25, -0.2) is 9.97 Å². The van der Waals surface area contributed by atoms with E-state index in [-0.39, 0.29) is 0 Å². The van der Waals surface area contributed by atoms with Gasteiger partial charge in [-0.1, -0.05) is 26.0 Å². The van der Waals surface area contributed by atoms with E-state index in [9.17, 15) is 0 Å². The van der Waals surface area contributed by atoms with Gasteiger partial charge in [0.25, 0.3) is 0 Å². The standard InChI is InChI=1S/C19H25N5S/c1-15(2)16-5-7-17(8-6-16)22-19(25)24-12-4-11-23(13-14-24)18-20-9-3-10-21-18/h3,5-10,15H,4,11-14H2,1-2H3,(H,22,25). The Kier molecular flexibility index (Phi) is 5.81. The van der Waals surface area contributed by atoms with E-state index >= 15 is 0 Å². The predicted octanol–water partition coefficient (Wildman–Crippen LogP) is 3.51. The molecule has 0 saturated carbocycles. The van der Waals surface area contributed by atoms with Crippen molar-refractivity contribution in [3.63, 3.8) is 0 Å². The Labute approximate surface area is 155 Å². The van der Waals surface area contributed by atoms with E-state index < -0.39 is 0 Å². The molecule has 3 rings (SSSR count). The average Bonchev–Trinajstić information content (AvgIpc) is 2.89. The van der Waals surface area contributed by atoms with E-state index in [1.54, 1.807) is 12.4 Å². The third-order valence-electron chi connectivity index (χ3n) is 4.45. The zero-order valence-corrected chi connectivity index (χ0v) is 15.7. The molecule has 1 aromatic carbocycles. The van der Waals surface area contributed by atoms with Gasteiger partial charge in [-0.15, -0.1) is 0 Å². The number of nitrogens with one attached hydrogen (secondary N) is 1. The van der Waals surface area contributed by atoms with Crippen LogP contribution < -0.4 is 10.2 Å². The van der Waals surface area contributed by atoms with Gasteiger partial charge in [-0.3, -0.25) is 0 Å². The summed E-state index contributed by atoms with van der Waals surface area (Å²) < 4.78 is 0. The fraction of sp³-hybridized carbons (Fsp3) is 0.421. The quantitative estimate of drug-likeness (QED) is 0.850. The summed E-state index contributed by atoms with van der Waals surface area (Å²) in [5, 5.41) is 4.15. The summed E-state index contributed by atoms with van der Waals surface area (Å²) >= 11 is 5.62. The molecule has 1 N–H and O–H groups in total. The first-order chi connectivity index (χ1) is 12.1. The lowest BCUT2D eigenvalue weighted by atomic mass is 10.0. The highest BCUT2D eigenvalue weighted by Gasteiger charge is 2.18. The van der Waals surface area contributed by atoms with Crippen molar-refractivity contribution in [3.05, 3.63) is 48.3 Å². The maximum atomic E-state index is 5.62. The summed E-state index contributed by atoms with van der Waals surface area (Å²) in [5.41, 5.74) is 2.38. The number of aromatic nitrogens is 2. The summed E-state index contributed by atoms with van der Waals surface area (Å²) in [6, 6.07) is 10.4. The maximum Gasteiger partial charge on any atom is 0.225 e. The molecular formula is C19H25N5S. The lowest BCUT2D eigenvalue weighted by molar-refractivity contribution is 0.454. The van der Waals surface area contributed by atoms with Crippen LogP contribution in [0.4, 0.5) is 11.6 Å². The number of nitrogens with zero attached hydrogens (tertiary/aromatic N) is 4. The van der Waals surface area contributed by atoms with E-state index in [2.05, 4.69) is 63.2 Å². The van der Waals surface area contributed by atoms with Crippen LogP contribution in [0.3, 0.4) is 0 Å². The largest absolute Gasteiger partial charge is 0.347 e. The van der Waals surface area contributed by atoms with Crippen LogP contribution in [0.2, 0.25) is 0 Å². The Morgan fingerprint density at radius 3 is 2.44 bits per heavy atom. The molecule has 2 aromatic rings. The molecule has 1 aliphatic heterocycles. The van der Waals surface area contributed by atoms with Crippen LogP contribution in [0.15, 0.2) is 42.7 Å². The highest BCUT2D eigenvalue weighted by Crippen LogP contribution is 2.18. The first-order valence-electron chi connectivity index (χ1n) is 8.81. The Hall–Kier alpha value is -2.21. The highest BCUT2D eigenvalue weighted by molar-refractivity contribution is 7.80. The Morgan fingerprint density at radius 1 is 1.04 bits per heavy atom. The summed E-state index contributed by atoms with van der Waals surface area (Å²) in [4.78, 5) is 13.2.